The predicted octanol–water partition coefficient (Wildman–Crippen LogP) is 1.67. The zero-order valence-electron chi connectivity index (χ0n) is 9.89. The standard InChI is InChI=1S/C11H24N2O/c1-5-11(3,4)13-10(14)9(2)7-6-8-12/h9H,5-8,12H2,1-4H3,(H,13,14)/t9-/m0/s1. The summed E-state index contributed by atoms with van der Waals surface area (Å²) in [6.45, 7) is 8.78. The van der Waals surface area contributed by atoms with Crippen molar-refractivity contribution in [2.75, 3.05) is 6.54 Å². The number of hydrogen-bond acceptors (Lipinski definition) is 2. The Balaban J connectivity index is 3.95. The van der Waals surface area contributed by atoms with E-state index in [0.717, 1.165) is 19.3 Å². The molecule has 0 aromatic rings. The Kier molecular flexibility index (Phi) is 5.77. The summed E-state index contributed by atoms with van der Waals surface area (Å²) in [4.78, 5) is 11.7. The van der Waals surface area contributed by atoms with Crippen molar-refractivity contribution in [2.45, 2.75) is 52.5 Å². The van der Waals surface area contributed by atoms with E-state index in [9.17, 15) is 4.79 Å². The van der Waals surface area contributed by atoms with Gasteiger partial charge in [-0.2, -0.15) is 0 Å². The molecule has 0 aliphatic heterocycles. The lowest BCUT2D eigenvalue weighted by molar-refractivity contribution is -0.126. The molecule has 0 aromatic heterocycles. The minimum absolute atomic E-state index is 0.0735. The summed E-state index contributed by atoms with van der Waals surface area (Å²) in [6.07, 6.45) is 2.74. The Morgan fingerprint density at radius 1 is 1.50 bits per heavy atom. The lowest BCUT2D eigenvalue weighted by atomic mass is 9.98. The second kappa shape index (κ2) is 6.02. The zero-order valence-corrected chi connectivity index (χ0v) is 9.89. The van der Waals surface area contributed by atoms with Crippen LogP contribution in [-0.4, -0.2) is 18.0 Å². The van der Waals surface area contributed by atoms with Gasteiger partial charge in [0.1, 0.15) is 0 Å². The molecule has 0 saturated carbocycles. The van der Waals surface area contributed by atoms with Gasteiger partial charge in [-0.1, -0.05) is 13.8 Å². The van der Waals surface area contributed by atoms with Gasteiger partial charge in [-0.05, 0) is 39.7 Å². The molecule has 3 heteroatoms. The number of amides is 1. The summed E-state index contributed by atoms with van der Waals surface area (Å²) in [6, 6.07) is 0. The van der Waals surface area contributed by atoms with Gasteiger partial charge in [-0.25, -0.2) is 0 Å². The third-order valence-electron chi connectivity index (χ3n) is 2.63. The second-order valence-electron chi connectivity index (χ2n) is 4.56. The summed E-state index contributed by atoms with van der Waals surface area (Å²) in [5.74, 6) is 0.217. The van der Waals surface area contributed by atoms with Gasteiger partial charge in [0.05, 0.1) is 0 Å². The smallest absolute Gasteiger partial charge is 0.223 e. The molecular formula is C11H24N2O. The molecular weight excluding hydrogens is 176 g/mol. The topological polar surface area (TPSA) is 55.1 Å². The van der Waals surface area contributed by atoms with Crippen LogP contribution < -0.4 is 11.1 Å². The van der Waals surface area contributed by atoms with Crippen LogP contribution in [0.2, 0.25) is 0 Å². The van der Waals surface area contributed by atoms with E-state index >= 15 is 0 Å². The molecule has 0 spiro atoms. The van der Waals surface area contributed by atoms with Gasteiger partial charge >= 0.3 is 0 Å². The highest BCUT2D eigenvalue weighted by atomic mass is 16.2. The van der Waals surface area contributed by atoms with Gasteiger partial charge in [-0.15, -0.1) is 0 Å². The van der Waals surface area contributed by atoms with Crippen LogP contribution in [0.4, 0.5) is 0 Å². The fourth-order valence-electron chi connectivity index (χ4n) is 1.10. The van der Waals surface area contributed by atoms with Gasteiger partial charge in [0.25, 0.3) is 0 Å². The van der Waals surface area contributed by atoms with Gasteiger partial charge in [0.15, 0.2) is 0 Å². The zero-order chi connectivity index (χ0) is 11.2. The van der Waals surface area contributed by atoms with Crippen molar-refractivity contribution in [3.05, 3.63) is 0 Å². The Morgan fingerprint density at radius 2 is 2.07 bits per heavy atom. The van der Waals surface area contributed by atoms with Crippen LogP contribution in [-0.2, 0) is 4.79 Å². The summed E-state index contributed by atoms with van der Waals surface area (Å²) < 4.78 is 0. The highest BCUT2D eigenvalue weighted by Crippen LogP contribution is 2.11. The van der Waals surface area contributed by atoms with Crippen molar-refractivity contribution in [1.29, 1.82) is 0 Å². The lowest BCUT2D eigenvalue weighted by Crippen LogP contribution is -2.45. The molecule has 0 bridgehead atoms. The summed E-state index contributed by atoms with van der Waals surface area (Å²) in [5, 5.41) is 3.03. The molecule has 0 fully saturated rings. The highest BCUT2D eigenvalue weighted by Gasteiger charge is 2.21. The van der Waals surface area contributed by atoms with Crippen molar-refractivity contribution in [3.63, 3.8) is 0 Å². The van der Waals surface area contributed by atoms with Crippen molar-refractivity contribution >= 4 is 5.91 Å². The van der Waals surface area contributed by atoms with E-state index in [1.807, 2.05) is 20.8 Å². The first kappa shape index (κ1) is 13.4. The van der Waals surface area contributed by atoms with Crippen LogP contribution in [0.1, 0.15) is 47.0 Å². The molecule has 0 rings (SSSR count). The third-order valence-corrected chi connectivity index (χ3v) is 2.63. The molecule has 1 atom stereocenters. The molecule has 84 valence electrons. The molecule has 0 unspecified atom stereocenters. The average Bonchev–Trinajstić information content (AvgIpc) is 2.13. The quantitative estimate of drug-likeness (QED) is 0.685. The first-order valence-corrected chi connectivity index (χ1v) is 5.45. The summed E-state index contributed by atoms with van der Waals surface area (Å²) >= 11 is 0. The molecule has 0 aromatic carbocycles. The number of carbonyl (C=O) groups excluding carboxylic acids is 1. The number of nitrogens with two attached hydrogens (primary N) is 1. The minimum Gasteiger partial charge on any atom is -0.351 e. The average molecular weight is 200 g/mol. The van der Waals surface area contributed by atoms with E-state index < -0.39 is 0 Å². The maximum Gasteiger partial charge on any atom is 0.223 e. The summed E-state index contributed by atoms with van der Waals surface area (Å²) in [5.41, 5.74) is 5.31. The Morgan fingerprint density at radius 3 is 2.50 bits per heavy atom. The van der Waals surface area contributed by atoms with Crippen molar-refractivity contribution in [3.8, 4) is 0 Å². The maximum atomic E-state index is 11.7. The van der Waals surface area contributed by atoms with Crippen molar-refractivity contribution in [2.24, 2.45) is 11.7 Å². The SMILES string of the molecule is CCC(C)(C)NC(=O)[C@@H](C)CCCN. The Hall–Kier alpha value is -0.570. The molecule has 3 N–H and O–H groups in total. The van der Waals surface area contributed by atoms with Crippen molar-refractivity contribution in [1.82, 2.24) is 5.32 Å². The van der Waals surface area contributed by atoms with E-state index in [1.165, 1.54) is 0 Å². The highest BCUT2D eigenvalue weighted by molar-refractivity contribution is 5.78. The van der Waals surface area contributed by atoms with Crippen LogP contribution in [0, 0.1) is 5.92 Å². The van der Waals surface area contributed by atoms with Gasteiger partial charge in [0.2, 0.25) is 5.91 Å². The fourth-order valence-corrected chi connectivity index (χ4v) is 1.10. The van der Waals surface area contributed by atoms with Gasteiger partial charge < -0.3 is 11.1 Å². The number of hydrogen-bond donors (Lipinski definition) is 2. The normalized spacial score (nSPS) is 13.8. The maximum absolute atomic E-state index is 11.7. The van der Waals surface area contributed by atoms with E-state index in [0.29, 0.717) is 6.54 Å². The van der Waals surface area contributed by atoms with E-state index in [2.05, 4.69) is 12.2 Å². The van der Waals surface area contributed by atoms with E-state index in [1.54, 1.807) is 0 Å². The molecule has 0 aliphatic carbocycles. The van der Waals surface area contributed by atoms with Crippen LogP contribution >= 0.6 is 0 Å². The van der Waals surface area contributed by atoms with Crippen LogP contribution in [0.5, 0.6) is 0 Å². The molecule has 0 aliphatic rings. The predicted molar refractivity (Wildman–Crippen MR) is 60.0 cm³/mol. The Bertz CT molecular complexity index is 178. The first-order valence-electron chi connectivity index (χ1n) is 5.45. The van der Waals surface area contributed by atoms with E-state index in [4.69, 9.17) is 5.73 Å². The monoisotopic (exact) mass is 200 g/mol. The van der Waals surface area contributed by atoms with Crippen LogP contribution in [0.3, 0.4) is 0 Å². The molecule has 1 amide bonds. The number of carbonyl (C=O) groups is 1. The number of nitrogens with one attached hydrogen (secondary N) is 1. The minimum atomic E-state index is -0.0892. The molecule has 14 heavy (non-hydrogen) atoms. The lowest BCUT2D eigenvalue weighted by Gasteiger charge is -2.26. The third kappa shape index (κ3) is 5.22. The molecule has 0 radical (unpaired) electrons. The molecule has 3 nitrogen and oxygen atoms in total. The van der Waals surface area contributed by atoms with Gasteiger partial charge in [0, 0.05) is 11.5 Å². The Labute approximate surface area is 87.4 Å². The van der Waals surface area contributed by atoms with Gasteiger partial charge in [-0.3, -0.25) is 4.79 Å². The second-order valence-corrected chi connectivity index (χ2v) is 4.56. The van der Waals surface area contributed by atoms with E-state index in [-0.39, 0.29) is 17.4 Å². The fraction of sp³-hybridized carbons (Fsp3) is 0.909. The first-order chi connectivity index (χ1) is 6.43. The van der Waals surface area contributed by atoms with Crippen molar-refractivity contribution < 1.29 is 4.79 Å². The molecule has 0 heterocycles. The van der Waals surface area contributed by atoms with Crippen LogP contribution in [0.15, 0.2) is 0 Å². The largest absolute Gasteiger partial charge is 0.351 e. The summed E-state index contributed by atoms with van der Waals surface area (Å²) in [7, 11) is 0. The number of rotatable bonds is 6. The molecule has 0 saturated heterocycles. The van der Waals surface area contributed by atoms with Crippen LogP contribution in [0.25, 0.3) is 0 Å².